The van der Waals surface area contributed by atoms with E-state index in [-0.39, 0.29) is 0 Å². The zero-order valence-electron chi connectivity index (χ0n) is 7.94. The molecular formula is C10H9ClO4. The maximum atomic E-state index is 10.8. The largest absolute Gasteiger partial charge is 0.478 e. The van der Waals surface area contributed by atoms with Crippen LogP contribution < -0.4 is 0 Å². The van der Waals surface area contributed by atoms with Crippen LogP contribution in [0.1, 0.15) is 18.6 Å². The van der Waals surface area contributed by atoms with Crippen molar-refractivity contribution in [1.82, 2.24) is 0 Å². The Morgan fingerprint density at radius 2 is 2.13 bits per heavy atom. The van der Waals surface area contributed by atoms with Gasteiger partial charge in [-0.1, -0.05) is 23.7 Å². The number of halogens is 1. The second-order valence-electron chi connectivity index (χ2n) is 2.88. The van der Waals surface area contributed by atoms with Gasteiger partial charge in [0.2, 0.25) is 6.10 Å². The van der Waals surface area contributed by atoms with Gasteiger partial charge in [-0.15, -0.1) is 0 Å². The summed E-state index contributed by atoms with van der Waals surface area (Å²) in [6.45, 7) is 1.15. The van der Waals surface area contributed by atoms with Crippen molar-refractivity contribution in [2.45, 2.75) is 13.0 Å². The van der Waals surface area contributed by atoms with Gasteiger partial charge >= 0.3 is 11.9 Å². The normalized spacial score (nSPS) is 11.9. The molecule has 0 aliphatic rings. The first kappa shape index (κ1) is 11.5. The summed E-state index contributed by atoms with van der Waals surface area (Å²) >= 11 is 5.70. The lowest BCUT2D eigenvalue weighted by atomic mass is 10.1. The van der Waals surface area contributed by atoms with Gasteiger partial charge < -0.3 is 9.84 Å². The smallest absolute Gasteiger partial charge is 0.349 e. The third kappa shape index (κ3) is 3.25. The molecule has 0 saturated heterocycles. The molecule has 1 N–H and O–H groups in total. The maximum Gasteiger partial charge on any atom is 0.349 e. The Labute approximate surface area is 91.4 Å². The summed E-state index contributed by atoms with van der Waals surface area (Å²) in [5.41, 5.74) is 0.338. The average molecular weight is 229 g/mol. The molecule has 0 unspecified atom stereocenters. The quantitative estimate of drug-likeness (QED) is 0.804. The van der Waals surface area contributed by atoms with E-state index in [9.17, 15) is 9.59 Å². The number of carbonyl (C=O) groups excluding carboxylic acids is 1. The number of benzene rings is 1. The van der Waals surface area contributed by atoms with Crippen molar-refractivity contribution in [3.63, 3.8) is 0 Å². The standard InChI is InChI=1S/C10H9ClO4/c1-6(12)15-9(10(13)14)7-3-2-4-8(11)5-7/h2-5,9H,1H3,(H,13,14)/t9-/m1/s1. The molecule has 1 atom stereocenters. The number of esters is 1. The lowest BCUT2D eigenvalue weighted by Gasteiger charge is -2.12. The minimum absolute atomic E-state index is 0.338. The molecule has 0 bridgehead atoms. The Balaban J connectivity index is 2.98. The fourth-order valence-corrected chi connectivity index (χ4v) is 1.30. The Kier molecular flexibility index (Phi) is 3.68. The molecule has 0 aliphatic heterocycles. The molecule has 0 amide bonds. The van der Waals surface area contributed by atoms with Crippen molar-refractivity contribution < 1.29 is 19.4 Å². The van der Waals surface area contributed by atoms with Gasteiger partial charge in [0.1, 0.15) is 0 Å². The molecule has 1 aromatic rings. The minimum Gasteiger partial charge on any atom is -0.478 e. The topological polar surface area (TPSA) is 63.6 Å². The molecule has 0 spiro atoms. The molecule has 0 aromatic heterocycles. The van der Waals surface area contributed by atoms with Crippen LogP contribution in [0.3, 0.4) is 0 Å². The lowest BCUT2D eigenvalue weighted by Crippen LogP contribution is -2.17. The van der Waals surface area contributed by atoms with E-state index in [1.54, 1.807) is 12.1 Å². The molecule has 80 valence electrons. The summed E-state index contributed by atoms with van der Waals surface area (Å²) in [5, 5.41) is 9.24. The number of rotatable bonds is 3. The summed E-state index contributed by atoms with van der Waals surface area (Å²) in [6, 6.07) is 6.19. The fourth-order valence-electron chi connectivity index (χ4n) is 1.10. The van der Waals surface area contributed by atoms with Crippen LogP contribution >= 0.6 is 11.6 Å². The predicted octanol–water partition coefficient (Wildman–Crippen LogP) is 2.03. The van der Waals surface area contributed by atoms with E-state index < -0.39 is 18.0 Å². The number of ether oxygens (including phenoxy) is 1. The number of hydrogen-bond acceptors (Lipinski definition) is 3. The molecule has 0 radical (unpaired) electrons. The molecule has 1 rings (SSSR count). The number of carbonyl (C=O) groups is 2. The molecule has 0 aliphatic carbocycles. The summed E-state index contributed by atoms with van der Waals surface area (Å²) in [6.07, 6.45) is -1.30. The van der Waals surface area contributed by atoms with Gasteiger partial charge in [-0.25, -0.2) is 4.79 Å². The average Bonchev–Trinajstić information content (AvgIpc) is 2.13. The van der Waals surface area contributed by atoms with Crippen molar-refractivity contribution in [3.8, 4) is 0 Å². The van der Waals surface area contributed by atoms with Crippen LogP contribution in [0, 0.1) is 0 Å². The van der Waals surface area contributed by atoms with Crippen LogP contribution in [-0.4, -0.2) is 17.0 Å². The predicted molar refractivity (Wildman–Crippen MR) is 53.6 cm³/mol. The Morgan fingerprint density at radius 3 is 2.60 bits per heavy atom. The number of hydrogen-bond donors (Lipinski definition) is 1. The zero-order chi connectivity index (χ0) is 11.4. The Morgan fingerprint density at radius 1 is 1.47 bits per heavy atom. The Bertz CT molecular complexity index is 389. The van der Waals surface area contributed by atoms with E-state index >= 15 is 0 Å². The van der Waals surface area contributed by atoms with Crippen molar-refractivity contribution >= 4 is 23.5 Å². The highest BCUT2D eigenvalue weighted by atomic mass is 35.5. The van der Waals surface area contributed by atoms with Crippen molar-refractivity contribution in [3.05, 3.63) is 34.9 Å². The first-order valence-corrected chi connectivity index (χ1v) is 4.54. The molecule has 5 heteroatoms. The SMILES string of the molecule is CC(=O)O[C@@H](C(=O)O)c1cccc(Cl)c1. The molecular weight excluding hydrogens is 220 g/mol. The highest BCUT2D eigenvalue weighted by molar-refractivity contribution is 6.30. The van der Waals surface area contributed by atoms with Crippen molar-refractivity contribution in [2.24, 2.45) is 0 Å². The van der Waals surface area contributed by atoms with E-state index in [0.29, 0.717) is 10.6 Å². The molecule has 0 heterocycles. The maximum absolute atomic E-state index is 10.8. The van der Waals surface area contributed by atoms with Crippen LogP contribution in [0.4, 0.5) is 0 Å². The van der Waals surface area contributed by atoms with Crippen LogP contribution in [0.15, 0.2) is 24.3 Å². The van der Waals surface area contributed by atoms with Crippen molar-refractivity contribution in [2.75, 3.05) is 0 Å². The van der Waals surface area contributed by atoms with Crippen molar-refractivity contribution in [1.29, 1.82) is 0 Å². The molecule has 0 saturated carbocycles. The van der Waals surface area contributed by atoms with E-state index in [2.05, 4.69) is 4.74 Å². The summed E-state index contributed by atoms with van der Waals surface area (Å²) in [7, 11) is 0. The minimum atomic E-state index is -1.30. The third-order valence-corrected chi connectivity index (χ3v) is 1.89. The second-order valence-corrected chi connectivity index (χ2v) is 3.32. The molecule has 1 aromatic carbocycles. The van der Waals surface area contributed by atoms with E-state index in [1.807, 2.05) is 0 Å². The van der Waals surface area contributed by atoms with Gasteiger partial charge in [0.25, 0.3) is 0 Å². The van der Waals surface area contributed by atoms with E-state index in [0.717, 1.165) is 6.92 Å². The molecule has 4 nitrogen and oxygen atoms in total. The lowest BCUT2D eigenvalue weighted by molar-refractivity contribution is -0.163. The third-order valence-electron chi connectivity index (χ3n) is 1.66. The van der Waals surface area contributed by atoms with Gasteiger partial charge in [0, 0.05) is 17.5 Å². The second kappa shape index (κ2) is 4.79. The first-order chi connectivity index (χ1) is 7.00. The monoisotopic (exact) mass is 228 g/mol. The molecule has 15 heavy (non-hydrogen) atoms. The first-order valence-electron chi connectivity index (χ1n) is 4.16. The number of carboxylic acids is 1. The van der Waals surface area contributed by atoms with E-state index in [1.165, 1.54) is 12.1 Å². The summed E-state index contributed by atoms with van der Waals surface area (Å²) in [5.74, 6) is -1.88. The summed E-state index contributed by atoms with van der Waals surface area (Å²) < 4.78 is 4.66. The summed E-state index contributed by atoms with van der Waals surface area (Å²) in [4.78, 5) is 21.5. The Hall–Kier alpha value is -1.55. The van der Waals surface area contributed by atoms with Crippen LogP contribution in [0.25, 0.3) is 0 Å². The van der Waals surface area contributed by atoms with Gasteiger partial charge in [-0.3, -0.25) is 4.79 Å². The number of aliphatic carboxylic acids is 1. The van der Waals surface area contributed by atoms with Gasteiger partial charge in [-0.05, 0) is 12.1 Å². The number of carboxylic acid groups (broad SMARTS) is 1. The van der Waals surface area contributed by atoms with Gasteiger partial charge in [0.05, 0.1) is 0 Å². The fraction of sp³-hybridized carbons (Fsp3) is 0.200. The van der Waals surface area contributed by atoms with Gasteiger partial charge in [-0.2, -0.15) is 0 Å². The zero-order valence-corrected chi connectivity index (χ0v) is 8.69. The molecule has 0 fully saturated rings. The highest BCUT2D eigenvalue weighted by Crippen LogP contribution is 2.21. The van der Waals surface area contributed by atoms with Gasteiger partial charge in [0.15, 0.2) is 0 Å². The van der Waals surface area contributed by atoms with E-state index in [4.69, 9.17) is 16.7 Å². The van der Waals surface area contributed by atoms with Crippen LogP contribution in [0.2, 0.25) is 5.02 Å². The highest BCUT2D eigenvalue weighted by Gasteiger charge is 2.22. The van der Waals surface area contributed by atoms with Crippen LogP contribution in [0.5, 0.6) is 0 Å². The van der Waals surface area contributed by atoms with Crippen LogP contribution in [-0.2, 0) is 14.3 Å².